The van der Waals surface area contributed by atoms with Crippen LogP contribution in [0.1, 0.15) is 18.9 Å². The molecule has 1 aromatic heterocycles. The Morgan fingerprint density at radius 1 is 1.47 bits per heavy atom. The van der Waals surface area contributed by atoms with Gasteiger partial charge in [-0.2, -0.15) is 10.4 Å². The maximum absolute atomic E-state index is 9.40. The standard InChI is InChI=1S/C14H14BrN3O/c1-3-7-19-13-6-4-5-10(11(13)8-16)14-12(15)9-17-18(14)2/h4-6,9H,3,7H2,1-2H3. The fourth-order valence-corrected chi connectivity index (χ4v) is 2.45. The van der Waals surface area contributed by atoms with Crippen molar-refractivity contribution in [2.24, 2.45) is 7.05 Å². The van der Waals surface area contributed by atoms with Crippen LogP contribution in [0.15, 0.2) is 28.9 Å². The summed E-state index contributed by atoms with van der Waals surface area (Å²) in [4.78, 5) is 0. The molecule has 0 fully saturated rings. The van der Waals surface area contributed by atoms with Crippen molar-refractivity contribution < 1.29 is 4.74 Å². The van der Waals surface area contributed by atoms with Gasteiger partial charge in [-0.15, -0.1) is 0 Å². The third-order valence-corrected chi connectivity index (χ3v) is 3.33. The van der Waals surface area contributed by atoms with Gasteiger partial charge in [0.15, 0.2) is 0 Å². The minimum atomic E-state index is 0.542. The molecular weight excluding hydrogens is 306 g/mol. The molecule has 0 saturated carbocycles. The molecule has 0 amide bonds. The highest BCUT2D eigenvalue weighted by atomic mass is 79.9. The summed E-state index contributed by atoms with van der Waals surface area (Å²) in [7, 11) is 1.85. The molecule has 0 aliphatic carbocycles. The molecule has 0 spiro atoms. The lowest BCUT2D eigenvalue weighted by Crippen LogP contribution is -2.00. The van der Waals surface area contributed by atoms with E-state index in [4.69, 9.17) is 4.74 Å². The molecule has 2 rings (SSSR count). The van der Waals surface area contributed by atoms with Gasteiger partial charge in [-0.3, -0.25) is 4.68 Å². The Labute approximate surface area is 120 Å². The van der Waals surface area contributed by atoms with E-state index in [1.54, 1.807) is 10.9 Å². The summed E-state index contributed by atoms with van der Waals surface area (Å²) in [5.41, 5.74) is 2.24. The van der Waals surface area contributed by atoms with Gasteiger partial charge in [-0.1, -0.05) is 19.1 Å². The van der Waals surface area contributed by atoms with Crippen molar-refractivity contribution in [3.05, 3.63) is 34.4 Å². The van der Waals surface area contributed by atoms with Crippen molar-refractivity contribution in [3.63, 3.8) is 0 Å². The largest absolute Gasteiger partial charge is 0.492 e. The van der Waals surface area contributed by atoms with Crippen molar-refractivity contribution in [1.29, 1.82) is 5.26 Å². The molecule has 4 nitrogen and oxygen atoms in total. The number of rotatable bonds is 4. The first-order valence-corrected chi connectivity index (χ1v) is 6.82. The predicted molar refractivity (Wildman–Crippen MR) is 76.8 cm³/mol. The summed E-state index contributed by atoms with van der Waals surface area (Å²) < 4.78 is 8.23. The van der Waals surface area contributed by atoms with Crippen LogP contribution in [0.4, 0.5) is 0 Å². The SMILES string of the molecule is CCCOc1cccc(-c2c(Br)cnn2C)c1C#N. The van der Waals surface area contributed by atoms with E-state index in [9.17, 15) is 5.26 Å². The molecule has 0 aliphatic heterocycles. The Kier molecular flexibility index (Phi) is 4.23. The second-order valence-corrected chi connectivity index (χ2v) is 4.96. The molecule has 0 atom stereocenters. The first-order valence-electron chi connectivity index (χ1n) is 6.02. The third kappa shape index (κ3) is 2.64. The van der Waals surface area contributed by atoms with Crippen molar-refractivity contribution in [2.75, 3.05) is 6.61 Å². The fourth-order valence-electron chi connectivity index (χ4n) is 1.89. The number of hydrogen-bond donors (Lipinski definition) is 0. The Bertz CT molecular complexity index is 609. The molecule has 0 bridgehead atoms. The van der Waals surface area contributed by atoms with Gasteiger partial charge in [0, 0.05) is 12.6 Å². The average molecular weight is 320 g/mol. The first kappa shape index (κ1) is 13.6. The van der Waals surface area contributed by atoms with Gasteiger partial charge in [-0.25, -0.2) is 0 Å². The summed E-state index contributed by atoms with van der Waals surface area (Å²) in [5.74, 6) is 0.620. The molecule has 0 N–H and O–H groups in total. The molecule has 19 heavy (non-hydrogen) atoms. The highest BCUT2D eigenvalue weighted by molar-refractivity contribution is 9.10. The highest BCUT2D eigenvalue weighted by Gasteiger charge is 2.16. The smallest absolute Gasteiger partial charge is 0.137 e. The number of ether oxygens (including phenoxy) is 1. The second kappa shape index (κ2) is 5.89. The van der Waals surface area contributed by atoms with E-state index in [1.807, 2.05) is 32.2 Å². The molecule has 1 heterocycles. The Balaban J connectivity index is 2.56. The van der Waals surface area contributed by atoms with Crippen LogP contribution in [-0.4, -0.2) is 16.4 Å². The maximum Gasteiger partial charge on any atom is 0.137 e. The first-order chi connectivity index (χ1) is 9.19. The normalized spacial score (nSPS) is 10.2. The zero-order valence-electron chi connectivity index (χ0n) is 10.9. The summed E-state index contributed by atoms with van der Waals surface area (Å²) in [6, 6.07) is 7.84. The van der Waals surface area contributed by atoms with Crippen LogP contribution in [0.2, 0.25) is 0 Å². The van der Waals surface area contributed by atoms with Gasteiger partial charge in [0.05, 0.1) is 23.0 Å². The lowest BCUT2D eigenvalue weighted by atomic mass is 10.0. The summed E-state index contributed by atoms with van der Waals surface area (Å²) in [6.07, 6.45) is 2.63. The number of nitriles is 1. The van der Waals surface area contributed by atoms with Crippen molar-refractivity contribution in [1.82, 2.24) is 9.78 Å². The Morgan fingerprint density at radius 3 is 2.84 bits per heavy atom. The van der Waals surface area contributed by atoms with E-state index in [0.717, 1.165) is 22.2 Å². The fraction of sp³-hybridized carbons (Fsp3) is 0.286. The topological polar surface area (TPSA) is 50.8 Å². The second-order valence-electron chi connectivity index (χ2n) is 4.10. The molecule has 2 aromatic rings. The molecule has 0 unspecified atom stereocenters. The zero-order valence-corrected chi connectivity index (χ0v) is 12.4. The number of halogens is 1. The quantitative estimate of drug-likeness (QED) is 0.866. The monoisotopic (exact) mass is 319 g/mol. The van der Waals surface area contributed by atoms with Crippen molar-refractivity contribution in [2.45, 2.75) is 13.3 Å². The van der Waals surface area contributed by atoms with Gasteiger partial charge in [0.25, 0.3) is 0 Å². The van der Waals surface area contributed by atoms with Crippen molar-refractivity contribution in [3.8, 4) is 23.1 Å². The number of nitrogens with zero attached hydrogens (tertiary/aromatic N) is 3. The van der Waals surface area contributed by atoms with E-state index < -0.39 is 0 Å². The minimum Gasteiger partial charge on any atom is -0.492 e. The number of hydrogen-bond acceptors (Lipinski definition) is 3. The third-order valence-electron chi connectivity index (χ3n) is 2.75. The van der Waals surface area contributed by atoms with Gasteiger partial charge in [0.1, 0.15) is 17.4 Å². The number of aryl methyl sites for hydroxylation is 1. The molecule has 0 aliphatic rings. The molecule has 5 heteroatoms. The Hall–Kier alpha value is -1.80. The van der Waals surface area contributed by atoms with E-state index in [-0.39, 0.29) is 0 Å². The molecule has 98 valence electrons. The maximum atomic E-state index is 9.40. The number of benzene rings is 1. The lowest BCUT2D eigenvalue weighted by molar-refractivity contribution is 0.316. The molecular formula is C14H14BrN3O. The lowest BCUT2D eigenvalue weighted by Gasteiger charge is -2.11. The van der Waals surface area contributed by atoms with Crippen LogP contribution >= 0.6 is 15.9 Å². The van der Waals surface area contributed by atoms with Gasteiger partial charge in [-0.05, 0) is 28.4 Å². The van der Waals surface area contributed by atoms with Crippen LogP contribution in [0, 0.1) is 11.3 Å². The Morgan fingerprint density at radius 2 is 2.26 bits per heavy atom. The van der Waals surface area contributed by atoms with Crippen LogP contribution < -0.4 is 4.74 Å². The van der Waals surface area contributed by atoms with E-state index in [0.29, 0.717) is 17.9 Å². The van der Waals surface area contributed by atoms with Crippen LogP contribution in [0.25, 0.3) is 11.3 Å². The molecule has 0 radical (unpaired) electrons. The molecule has 0 saturated heterocycles. The van der Waals surface area contributed by atoms with Gasteiger partial charge in [0.2, 0.25) is 0 Å². The minimum absolute atomic E-state index is 0.542. The van der Waals surface area contributed by atoms with Crippen LogP contribution in [0.3, 0.4) is 0 Å². The van der Waals surface area contributed by atoms with E-state index in [1.165, 1.54) is 0 Å². The molecule has 1 aromatic carbocycles. The van der Waals surface area contributed by atoms with Crippen LogP contribution in [0.5, 0.6) is 5.75 Å². The summed E-state index contributed by atoms with van der Waals surface area (Å²) >= 11 is 3.46. The zero-order chi connectivity index (χ0) is 13.8. The van der Waals surface area contributed by atoms with Gasteiger partial charge >= 0.3 is 0 Å². The van der Waals surface area contributed by atoms with Crippen molar-refractivity contribution >= 4 is 15.9 Å². The van der Waals surface area contributed by atoms with E-state index in [2.05, 4.69) is 27.1 Å². The number of aromatic nitrogens is 2. The average Bonchev–Trinajstić information content (AvgIpc) is 2.75. The van der Waals surface area contributed by atoms with Gasteiger partial charge < -0.3 is 4.74 Å². The van der Waals surface area contributed by atoms with E-state index >= 15 is 0 Å². The predicted octanol–water partition coefficient (Wildman–Crippen LogP) is 3.51. The van der Waals surface area contributed by atoms with Crippen LogP contribution in [-0.2, 0) is 7.05 Å². The summed E-state index contributed by atoms with van der Waals surface area (Å²) in [6.45, 7) is 2.64. The highest BCUT2D eigenvalue weighted by Crippen LogP contribution is 2.34. The summed E-state index contributed by atoms with van der Waals surface area (Å²) in [5, 5.41) is 13.6.